The summed E-state index contributed by atoms with van der Waals surface area (Å²) in [6, 6.07) is 12.7. The van der Waals surface area contributed by atoms with Crippen LogP contribution in [-0.2, 0) is 6.42 Å². The quantitative estimate of drug-likeness (QED) is 0.490. The molecule has 0 bridgehead atoms. The van der Waals surface area contributed by atoms with Gasteiger partial charge in [0.2, 0.25) is 0 Å². The Morgan fingerprint density at radius 3 is 2.48 bits per heavy atom. The fraction of sp³-hybridized carbons (Fsp3) is 0.158. The highest BCUT2D eigenvalue weighted by Crippen LogP contribution is 2.19. The van der Waals surface area contributed by atoms with Crippen LogP contribution >= 0.6 is 0 Å². The van der Waals surface area contributed by atoms with Crippen LogP contribution in [0.1, 0.15) is 22.3 Å². The molecule has 0 saturated carbocycles. The molecular weight excluding hydrogens is 322 g/mol. The molecule has 1 amide bonds. The zero-order chi connectivity index (χ0) is 17.8. The fourth-order valence-corrected chi connectivity index (χ4v) is 2.51. The molecule has 3 N–H and O–H groups in total. The summed E-state index contributed by atoms with van der Waals surface area (Å²) in [7, 11) is 0. The van der Waals surface area contributed by atoms with Gasteiger partial charge in [0, 0.05) is 18.0 Å². The summed E-state index contributed by atoms with van der Waals surface area (Å²) in [5.74, 6) is -0.287. The van der Waals surface area contributed by atoms with Crippen LogP contribution in [0, 0.1) is 0 Å². The molecule has 2 aromatic carbocycles. The molecule has 6 nitrogen and oxygen atoms in total. The van der Waals surface area contributed by atoms with Gasteiger partial charge in [-0.3, -0.25) is 4.79 Å². The van der Waals surface area contributed by atoms with Gasteiger partial charge in [-0.2, -0.15) is 0 Å². The summed E-state index contributed by atoms with van der Waals surface area (Å²) in [6.07, 6.45) is 1.44. The number of phenolic OH excluding ortho intramolecular Hbond substituents is 2. The van der Waals surface area contributed by atoms with Gasteiger partial charge in [-0.15, -0.1) is 0 Å². The van der Waals surface area contributed by atoms with Crippen molar-refractivity contribution in [1.82, 2.24) is 5.32 Å². The molecule has 3 aromatic rings. The number of carbonyl (C=O) groups is 1. The van der Waals surface area contributed by atoms with E-state index in [4.69, 9.17) is 4.42 Å². The first-order valence-corrected chi connectivity index (χ1v) is 7.86. The van der Waals surface area contributed by atoms with Crippen molar-refractivity contribution in [3.05, 3.63) is 70.1 Å². The van der Waals surface area contributed by atoms with Gasteiger partial charge in [-0.25, -0.2) is 4.79 Å². The van der Waals surface area contributed by atoms with E-state index >= 15 is 0 Å². The minimum atomic E-state index is -0.742. The van der Waals surface area contributed by atoms with Gasteiger partial charge < -0.3 is 19.9 Å². The van der Waals surface area contributed by atoms with Gasteiger partial charge in [0.1, 0.15) is 22.6 Å². The molecule has 0 unspecified atom stereocenters. The molecule has 0 spiro atoms. The second kappa shape index (κ2) is 7.09. The number of benzene rings is 2. The summed E-state index contributed by atoms with van der Waals surface area (Å²) in [6.45, 7) is 0.409. The van der Waals surface area contributed by atoms with Crippen molar-refractivity contribution in [1.29, 1.82) is 0 Å². The highest BCUT2D eigenvalue weighted by molar-refractivity contribution is 5.96. The number of rotatable bonds is 5. The molecule has 128 valence electrons. The second-order valence-corrected chi connectivity index (χ2v) is 5.70. The summed E-state index contributed by atoms with van der Waals surface area (Å²) >= 11 is 0. The minimum absolute atomic E-state index is 0.0120. The number of aryl methyl sites for hydroxylation is 1. The van der Waals surface area contributed by atoms with E-state index in [0.717, 1.165) is 12.0 Å². The molecule has 0 atom stereocenters. The summed E-state index contributed by atoms with van der Waals surface area (Å²) in [5, 5.41) is 21.9. The second-order valence-electron chi connectivity index (χ2n) is 5.70. The van der Waals surface area contributed by atoms with Crippen LogP contribution in [0.3, 0.4) is 0 Å². The normalized spacial score (nSPS) is 10.7. The Morgan fingerprint density at radius 1 is 1.00 bits per heavy atom. The Bertz CT molecular complexity index is 960. The Kier molecular flexibility index (Phi) is 4.70. The van der Waals surface area contributed by atoms with Crippen LogP contribution in [0.5, 0.6) is 11.5 Å². The zero-order valence-corrected chi connectivity index (χ0v) is 13.4. The van der Waals surface area contributed by atoms with Crippen LogP contribution in [0.15, 0.2) is 57.7 Å². The number of amides is 1. The molecule has 0 aliphatic carbocycles. The van der Waals surface area contributed by atoms with E-state index in [1.165, 1.54) is 18.2 Å². The lowest BCUT2D eigenvalue weighted by Gasteiger charge is -2.06. The number of hydrogen-bond acceptors (Lipinski definition) is 5. The highest BCUT2D eigenvalue weighted by Gasteiger charge is 2.13. The molecule has 0 fully saturated rings. The molecule has 6 heteroatoms. The monoisotopic (exact) mass is 339 g/mol. The van der Waals surface area contributed by atoms with Crippen molar-refractivity contribution in [2.24, 2.45) is 0 Å². The predicted octanol–water partition coefficient (Wildman–Crippen LogP) is 2.57. The van der Waals surface area contributed by atoms with E-state index < -0.39 is 11.5 Å². The van der Waals surface area contributed by atoms with Gasteiger partial charge >= 0.3 is 5.63 Å². The Morgan fingerprint density at radius 2 is 1.72 bits per heavy atom. The highest BCUT2D eigenvalue weighted by atomic mass is 16.4. The minimum Gasteiger partial charge on any atom is -0.508 e. The lowest BCUT2D eigenvalue weighted by Crippen LogP contribution is -2.29. The zero-order valence-electron chi connectivity index (χ0n) is 13.4. The summed E-state index contributed by atoms with van der Waals surface area (Å²) in [4.78, 5) is 24.1. The number of fused-ring (bicyclic) bond motifs is 1. The molecule has 0 aliphatic rings. The van der Waals surface area contributed by atoms with Crippen molar-refractivity contribution in [3.63, 3.8) is 0 Å². The first kappa shape index (κ1) is 16.6. The standard InChI is InChI=1S/C19H17NO5/c21-14-6-3-12(4-7-14)2-1-9-20-18(23)16-10-13-5-8-15(22)11-17(13)25-19(16)24/h3-8,10-11,21-22H,1-2,9H2,(H,20,23). The number of phenols is 2. The van der Waals surface area contributed by atoms with Crippen molar-refractivity contribution in [2.75, 3.05) is 6.54 Å². The molecule has 3 rings (SSSR count). The van der Waals surface area contributed by atoms with E-state index in [1.807, 2.05) is 12.1 Å². The van der Waals surface area contributed by atoms with Crippen LogP contribution in [-0.4, -0.2) is 22.7 Å². The van der Waals surface area contributed by atoms with Gasteiger partial charge in [0.05, 0.1) is 0 Å². The van der Waals surface area contributed by atoms with E-state index in [-0.39, 0.29) is 22.6 Å². The van der Waals surface area contributed by atoms with Crippen molar-refractivity contribution >= 4 is 16.9 Å². The SMILES string of the molecule is O=C(NCCCc1ccc(O)cc1)c1cc2ccc(O)cc2oc1=O. The number of nitrogens with one attached hydrogen (secondary N) is 1. The van der Waals surface area contributed by atoms with E-state index in [1.54, 1.807) is 18.2 Å². The smallest absolute Gasteiger partial charge is 0.349 e. The van der Waals surface area contributed by atoms with Crippen LogP contribution in [0.2, 0.25) is 0 Å². The van der Waals surface area contributed by atoms with Crippen molar-refractivity contribution in [3.8, 4) is 11.5 Å². The van der Waals surface area contributed by atoms with Crippen molar-refractivity contribution < 1.29 is 19.4 Å². The van der Waals surface area contributed by atoms with E-state index in [2.05, 4.69) is 5.32 Å². The van der Waals surface area contributed by atoms with Gasteiger partial charge in [-0.05, 0) is 48.7 Å². The molecule has 25 heavy (non-hydrogen) atoms. The maximum atomic E-state index is 12.2. The Hall–Kier alpha value is -3.28. The van der Waals surface area contributed by atoms with Crippen LogP contribution < -0.4 is 10.9 Å². The molecule has 0 aliphatic heterocycles. The number of aromatic hydroxyl groups is 2. The molecule has 0 radical (unpaired) electrons. The third-order valence-electron chi connectivity index (χ3n) is 3.83. The number of hydrogen-bond donors (Lipinski definition) is 3. The average molecular weight is 339 g/mol. The third kappa shape index (κ3) is 3.98. The third-order valence-corrected chi connectivity index (χ3v) is 3.83. The molecule has 1 aromatic heterocycles. The maximum absolute atomic E-state index is 12.2. The van der Waals surface area contributed by atoms with Gasteiger partial charge in [0.25, 0.3) is 5.91 Å². The van der Waals surface area contributed by atoms with Crippen LogP contribution in [0.25, 0.3) is 11.0 Å². The Balaban J connectivity index is 1.62. The Labute approximate surface area is 143 Å². The number of carbonyl (C=O) groups excluding carboxylic acids is 1. The summed E-state index contributed by atoms with van der Waals surface area (Å²) in [5.41, 5.74) is 0.475. The molecular formula is C19H17NO5. The maximum Gasteiger partial charge on any atom is 0.349 e. The topological polar surface area (TPSA) is 99.8 Å². The van der Waals surface area contributed by atoms with E-state index in [0.29, 0.717) is 18.4 Å². The van der Waals surface area contributed by atoms with Gasteiger partial charge in [-0.1, -0.05) is 12.1 Å². The van der Waals surface area contributed by atoms with Gasteiger partial charge in [0.15, 0.2) is 0 Å². The predicted molar refractivity (Wildman–Crippen MR) is 92.9 cm³/mol. The van der Waals surface area contributed by atoms with E-state index in [9.17, 15) is 19.8 Å². The first-order chi connectivity index (χ1) is 12.0. The van der Waals surface area contributed by atoms with Crippen molar-refractivity contribution in [2.45, 2.75) is 12.8 Å². The van der Waals surface area contributed by atoms with Crippen LogP contribution in [0.4, 0.5) is 0 Å². The fourth-order valence-electron chi connectivity index (χ4n) is 2.51. The lowest BCUT2D eigenvalue weighted by atomic mass is 10.1. The average Bonchev–Trinajstić information content (AvgIpc) is 2.59. The molecule has 1 heterocycles. The summed E-state index contributed by atoms with van der Waals surface area (Å²) < 4.78 is 5.08. The molecule has 0 saturated heterocycles. The largest absolute Gasteiger partial charge is 0.508 e. The first-order valence-electron chi connectivity index (χ1n) is 7.86. The lowest BCUT2D eigenvalue weighted by molar-refractivity contribution is 0.0949.